The summed E-state index contributed by atoms with van der Waals surface area (Å²) in [4.78, 5) is 7.33. The number of pyridine rings is 1. The normalized spacial score (nSPS) is 15.3. The van der Waals surface area contributed by atoms with E-state index in [1.54, 1.807) is 0 Å². The lowest BCUT2D eigenvalue weighted by Crippen LogP contribution is -2.38. The second-order valence-corrected chi connectivity index (χ2v) is 8.85. The number of piperidine rings is 1. The van der Waals surface area contributed by atoms with E-state index in [2.05, 4.69) is 63.0 Å². The Hall–Kier alpha value is -2.20. The maximum atomic E-state index is 4.70. The van der Waals surface area contributed by atoms with Crippen LogP contribution in [0.4, 0.5) is 0 Å². The highest BCUT2D eigenvalue weighted by molar-refractivity contribution is 14.0. The Morgan fingerprint density at radius 3 is 2.59 bits per heavy atom. The molecule has 0 saturated carbocycles. The number of aliphatic imine (C=N–C) groups is 1. The maximum Gasteiger partial charge on any atom is 0.191 e. The van der Waals surface area contributed by atoms with Crippen LogP contribution in [-0.2, 0) is 13.0 Å². The number of fused-ring (bicyclic) bond motifs is 1. The number of rotatable bonds is 10. The number of halogens is 1. The molecule has 0 atom stereocenters. The fraction of sp³-hybridized carbons (Fsp3) is 0.500. The van der Waals surface area contributed by atoms with Gasteiger partial charge in [0.1, 0.15) is 6.54 Å². The Labute approximate surface area is 220 Å². The standard InChI is InChI=1S/C26H37N7.HI/c1-2-27-26(29-21-25-31-30-24-12-6-8-17-33(24)25)28-15-7-9-16-32-18-13-23(14-19-32)20-22-10-4-3-5-11-22;/h3-6,8,10-12,17,23H,2,7,9,13-16,18-21H2,1H3,(H2,27,28,29);1H. The van der Waals surface area contributed by atoms with E-state index in [0.717, 1.165) is 42.9 Å². The van der Waals surface area contributed by atoms with Gasteiger partial charge in [-0.05, 0) is 82.3 Å². The van der Waals surface area contributed by atoms with Crippen LogP contribution in [0.15, 0.2) is 59.7 Å². The number of hydrogen-bond donors (Lipinski definition) is 2. The van der Waals surface area contributed by atoms with Crippen LogP contribution < -0.4 is 10.6 Å². The lowest BCUT2D eigenvalue weighted by atomic mass is 9.90. The molecule has 0 spiro atoms. The number of nitrogens with one attached hydrogen (secondary N) is 2. The van der Waals surface area contributed by atoms with Crippen LogP contribution in [-0.4, -0.2) is 58.2 Å². The number of aromatic nitrogens is 3. The minimum Gasteiger partial charge on any atom is -0.357 e. The topological polar surface area (TPSA) is 69.8 Å². The lowest BCUT2D eigenvalue weighted by Gasteiger charge is -2.32. The molecular weight excluding hydrogens is 537 g/mol. The summed E-state index contributed by atoms with van der Waals surface area (Å²) in [5.41, 5.74) is 2.34. The van der Waals surface area contributed by atoms with Gasteiger partial charge in [0.05, 0.1) is 0 Å². The second-order valence-electron chi connectivity index (χ2n) is 8.85. The molecule has 4 rings (SSSR count). The number of unbranched alkanes of at least 4 members (excludes halogenated alkanes) is 1. The Kier molecular flexibility index (Phi) is 11.1. The first-order chi connectivity index (χ1) is 16.3. The molecule has 0 unspecified atom stereocenters. The molecule has 3 heterocycles. The summed E-state index contributed by atoms with van der Waals surface area (Å²) in [5, 5.41) is 15.3. The van der Waals surface area contributed by atoms with E-state index >= 15 is 0 Å². The zero-order chi connectivity index (χ0) is 22.7. The SMILES string of the molecule is CCNC(=NCc1nnc2ccccn12)NCCCCN1CCC(Cc2ccccc2)CC1.I. The Balaban J connectivity index is 0.00000324. The van der Waals surface area contributed by atoms with E-state index in [9.17, 15) is 0 Å². The predicted octanol–water partition coefficient (Wildman–Crippen LogP) is 4.14. The maximum absolute atomic E-state index is 4.70. The molecule has 1 aromatic carbocycles. The van der Waals surface area contributed by atoms with Crippen molar-refractivity contribution in [1.29, 1.82) is 0 Å². The number of benzene rings is 1. The van der Waals surface area contributed by atoms with E-state index in [1.807, 2.05) is 28.8 Å². The van der Waals surface area contributed by atoms with Crippen LogP contribution in [0, 0.1) is 5.92 Å². The zero-order valence-corrected chi connectivity index (χ0v) is 22.5. The van der Waals surface area contributed by atoms with Gasteiger partial charge in [0, 0.05) is 19.3 Å². The van der Waals surface area contributed by atoms with E-state index in [1.165, 1.54) is 50.9 Å². The fourth-order valence-electron chi connectivity index (χ4n) is 4.52. The molecule has 3 aromatic rings. The van der Waals surface area contributed by atoms with E-state index < -0.39 is 0 Å². The largest absolute Gasteiger partial charge is 0.357 e. The van der Waals surface area contributed by atoms with Crippen LogP contribution >= 0.6 is 24.0 Å². The van der Waals surface area contributed by atoms with Crippen molar-refractivity contribution < 1.29 is 0 Å². The van der Waals surface area contributed by atoms with Crippen LogP contribution in [0.3, 0.4) is 0 Å². The summed E-state index contributed by atoms with van der Waals surface area (Å²) in [5.74, 6) is 2.52. The zero-order valence-electron chi connectivity index (χ0n) is 20.2. The van der Waals surface area contributed by atoms with Crippen molar-refractivity contribution in [2.75, 3.05) is 32.7 Å². The minimum atomic E-state index is 0. The van der Waals surface area contributed by atoms with Crippen molar-refractivity contribution in [1.82, 2.24) is 30.1 Å². The molecule has 0 amide bonds. The number of nitrogens with zero attached hydrogens (tertiary/aromatic N) is 5. The number of hydrogen-bond acceptors (Lipinski definition) is 4. The second kappa shape index (κ2) is 14.3. The third-order valence-corrected chi connectivity index (χ3v) is 6.38. The molecule has 1 saturated heterocycles. The first-order valence-corrected chi connectivity index (χ1v) is 12.4. The van der Waals surface area contributed by atoms with Crippen molar-refractivity contribution >= 4 is 35.6 Å². The van der Waals surface area contributed by atoms with Gasteiger partial charge in [0.15, 0.2) is 17.4 Å². The smallest absolute Gasteiger partial charge is 0.191 e. The summed E-state index contributed by atoms with van der Waals surface area (Å²) < 4.78 is 1.98. The minimum absolute atomic E-state index is 0. The van der Waals surface area contributed by atoms with Gasteiger partial charge in [-0.2, -0.15) is 0 Å². The molecule has 184 valence electrons. The molecule has 0 aliphatic carbocycles. The summed E-state index contributed by atoms with van der Waals surface area (Å²) in [6.45, 7) is 8.02. The molecule has 0 radical (unpaired) electrons. The summed E-state index contributed by atoms with van der Waals surface area (Å²) in [7, 11) is 0. The highest BCUT2D eigenvalue weighted by Gasteiger charge is 2.18. The Bertz CT molecular complexity index is 997. The van der Waals surface area contributed by atoms with Crippen molar-refractivity contribution in [2.24, 2.45) is 10.9 Å². The molecular formula is C26H38IN7. The van der Waals surface area contributed by atoms with Gasteiger partial charge in [0.25, 0.3) is 0 Å². The Morgan fingerprint density at radius 2 is 1.79 bits per heavy atom. The van der Waals surface area contributed by atoms with Crippen LogP contribution in [0.25, 0.3) is 5.65 Å². The molecule has 34 heavy (non-hydrogen) atoms. The number of guanidine groups is 1. The van der Waals surface area contributed by atoms with Crippen molar-refractivity contribution in [2.45, 2.75) is 45.6 Å². The van der Waals surface area contributed by atoms with Gasteiger partial charge >= 0.3 is 0 Å². The first kappa shape index (κ1) is 26.4. The van der Waals surface area contributed by atoms with Crippen molar-refractivity contribution in [3.63, 3.8) is 0 Å². The molecule has 1 aliphatic heterocycles. The summed E-state index contributed by atoms with van der Waals surface area (Å²) in [6.07, 6.45) is 8.21. The van der Waals surface area contributed by atoms with Gasteiger partial charge < -0.3 is 15.5 Å². The van der Waals surface area contributed by atoms with Gasteiger partial charge in [-0.15, -0.1) is 34.2 Å². The molecule has 2 N–H and O–H groups in total. The molecule has 7 nitrogen and oxygen atoms in total. The molecule has 0 bridgehead atoms. The Morgan fingerprint density at radius 1 is 1.00 bits per heavy atom. The van der Waals surface area contributed by atoms with Crippen LogP contribution in [0.5, 0.6) is 0 Å². The average molecular weight is 576 g/mol. The van der Waals surface area contributed by atoms with Crippen molar-refractivity contribution in [3.8, 4) is 0 Å². The monoisotopic (exact) mass is 575 g/mol. The first-order valence-electron chi connectivity index (χ1n) is 12.4. The van der Waals surface area contributed by atoms with E-state index in [0.29, 0.717) is 6.54 Å². The van der Waals surface area contributed by atoms with Gasteiger partial charge in [0.2, 0.25) is 0 Å². The molecule has 8 heteroatoms. The van der Waals surface area contributed by atoms with Gasteiger partial charge in [-0.1, -0.05) is 36.4 Å². The van der Waals surface area contributed by atoms with Gasteiger partial charge in [-0.25, -0.2) is 4.99 Å². The average Bonchev–Trinajstić information content (AvgIpc) is 3.27. The number of likely N-dealkylation sites (tertiary alicyclic amines) is 1. The third-order valence-electron chi connectivity index (χ3n) is 6.38. The fourth-order valence-corrected chi connectivity index (χ4v) is 4.52. The third kappa shape index (κ3) is 7.94. The van der Waals surface area contributed by atoms with E-state index in [-0.39, 0.29) is 24.0 Å². The highest BCUT2D eigenvalue weighted by atomic mass is 127. The van der Waals surface area contributed by atoms with Crippen LogP contribution in [0.1, 0.15) is 44.0 Å². The molecule has 2 aromatic heterocycles. The highest BCUT2D eigenvalue weighted by Crippen LogP contribution is 2.21. The lowest BCUT2D eigenvalue weighted by molar-refractivity contribution is 0.181. The van der Waals surface area contributed by atoms with Crippen LogP contribution in [0.2, 0.25) is 0 Å². The predicted molar refractivity (Wildman–Crippen MR) is 150 cm³/mol. The van der Waals surface area contributed by atoms with E-state index in [4.69, 9.17) is 4.99 Å². The summed E-state index contributed by atoms with van der Waals surface area (Å²) in [6, 6.07) is 16.8. The van der Waals surface area contributed by atoms with Crippen molar-refractivity contribution in [3.05, 3.63) is 66.1 Å². The quantitative estimate of drug-likeness (QED) is 0.165. The summed E-state index contributed by atoms with van der Waals surface area (Å²) >= 11 is 0. The molecule has 1 aliphatic rings. The van der Waals surface area contributed by atoms with Gasteiger partial charge in [-0.3, -0.25) is 4.40 Å². The molecule has 1 fully saturated rings.